The molecule has 0 aliphatic heterocycles. The van der Waals surface area contributed by atoms with Crippen LogP contribution in [0.1, 0.15) is 43.6 Å². The van der Waals surface area contributed by atoms with E-state index in [4.69, 9.17) is 9.47 Å². The number of nitrogens with zero attached hydrogens (tertiary/aromatic N) is 1. The fourth-order valence-corrected chi connectivity index (χ4v) is 4.57. The third-order valence-electron chi connectivity index (χ3n) is 6.79. The Balaban J connectivity index is 1.82. The maximum absolute atomic E-state index is 13.5. The number of pyridine rings is 1. The van der Waals surface area contributed by atoms with Gasteiger partial charge in [-0.2, -0.15) is 0 Å². The molecule has 0 aliphatic rings. The van der Waals surface area contributed by atoms with E-state index in [1.165, 1.54) is 6.20 Å². The Hall–Kier alpha value is -4.69. The number of rotatable bonds is 11. The number of hydrogen-bond donors (Lipinski definition) is 2. The lowest BCUT2D eigenvalue weighted by Crippen LogP contribution is -2.32. The predicted molar refractivity (Wildman–Crippen MR) is 164 cm³/mol. The highest BCUT2D eigenvalue weighted by Crippen LogP contribution is 2.38. The number of nitrogens with one attached hydrogen (secondary N) is 2. The van der Waals surface area contributed by atoms with Crippen LogP contribution in [0.5, 0.6) is 11.5 Å². The van der Waals surface area contributed by atoms with Crippen molar-refractivity contribution in [3.8, 4) is 22.6 Å². The second-order valence-electron chi connectivity index (χ2n) is 9.60. The maximum atomic E-state index is 13.5. The summed E-state index contributed by atoms with van der Waals surface area (Å²) in [5.41, 5.74) is 3.30. The normalized spacial score (nSPS) is 11.0. The SMILES string of the molecule is C=C(C)c1cc(-c2cccc(OCC)c2)c(NC(=O)c2c[nH]c3ccccc3c2=O)cc1OC(=O)CN(CC)CC. The lowest BCUT2D eigenvalue weighted by Gasteiger charge is -2.20. The van der Waals surface area contributed by atoms with E-state index in [1.807, 2.05) is 69.0 Å². The molecular formula is C33H35N3O5. The van der Waals surface area contributed by atoms with Gasteiger partial charge in [0.25, 0.3) is 5.91 Å². The zero-order valence-corrected chi connectivity index (χ0v) is 23.9. The summed E-state index contributed by atoms with van der Waals surface area (Å²) in [5.74, 6) is -0.0878. The van der Waals surface area contributed by atoms with Gasteiger partial charge >= 0.3 is 5.97 Å². The molecule has 0 spiro atoms. The third-order valence-corrected chi connectivity index (χ3v) is 6.79. The van der Waals surface area contributed by atoms with Crippen LogP contribution in [0.25, 0.3) is 27.6 Å². The summed E-state index contributed by atoms with van der Waals surface area (Å²) in [5, 5.41) is 3.30. The first kappa shape index (κ1) is 29.3. The van der Waals surface area contributed by atoms with Crippen molar-refractivity contribution in [3.05, 3.63) is 94.8 Å². The minimum absolute atomic E-state index is 0.0400. The summed E-state index contributed by atoms with van der Waals surface area (Å²) in [7, 11) is 0. The van der Waals surface area contributed by atoms with Crippen LogP contribution in [0.3, 0.4) is 0 Å². The van der Waals surface area contributed by atoms with Gasteiger partial charge in [-0.05, 0) is 68.4 Å². The van der Waals surface area contributed by atoms with Gasteiger partial charge in [0.2, 0.25) is 5.43 Å². The maximum Gasteiger partial charge on any atom is 0.325 e. The van der Waals surface area contributed by atoms with Crippen molar-refractivity contribution in [1.82, 2.24) is 9.88 Å². The van der Waals surface area contributed by atoms with Gasteiger partial charge in [0.15, 0.2) is 0 Å². The van der Waals surface area contributed by atoms with Crippen LogP contribution in [-0.4, -0.2) is 48.0 Å². The molecule has 212 valence electrons. The van der Waals surface area contributed by atoms with Crippen molar-refractivity contribution in [3.63, 3.8) is 0 Å². The standard InChI is InChI=1S/C33H35N3O5/c1-6-36(7-2)20-31(37)41-30-18-29(35-33(39)27-19-34-28-15-10-9-14-24(28)32(27)38)26(17-25(30)21(4)5)22-12-11-13-23(16-22)40-8-3/h9-19H,4,6-8,20H2,1-3,5H3,(H,34,38)(H,35,39). The first-order valence-electron chi connectivity index (χ1n) is 13.7. The highest BCUT2D eigenvalue weighted by molar-refractivity contribution is 6.08. The van der Waals surface area contributed by atoms with Gasteiger partial charge in [0.05, 0.1) is 18.8 Å². The molecule has 1 aromatic heterocycles. The van der Waals surface area contributed by atoms with E-state index >= 15 is 0 Å². The van der Waals surface area contributed by atoms with Crippen molar-refractivity contribution in [2.24, 2.45) is 0 Å². The Morgan fingerprint density at radius 2 is 1.73 bits per heavy atom. The second-order valence-corrected chi connectivity index (χ2v) is 9.60. The smallest absolute Gasteiger partial charge is 0.325 e. The Morgan fingerprint density at radius 1 is 0.976 bits per heavy atom. The molecule has 41 heavy (non-hydrogen) atoms. The number of ether oxygens (including phenoxy) is 2. The number of carbonyl (C=O) groups excluding carboxylic acids is 2. The molecule has 0 fully saturated rings. The van der Waals surface area contributed by atoms with Crippen molar-refractivity contribution in [1.29, 1.82) is 0 Å². The summed E-state index contributed by atoms with van der Waals surface area (Å²) in [6, 6.07) is 17.9. The van der Waals surface area contributed by atoms with Crippen LogP contribution < -0.4 is 20.2 Å². The average molecular weight is 554 g/mol. The number of H-pyrrole nitrogens is 1. The highest BCUT2D eigenvalue weighted by atomic mass is 16.5. The number of anilines is 1. The summed E-state index contributed by atoms with van der Waals surface area (Å²) in [6.45, 7) is 13.8. The molecular weight excluding hydrogens is 518 g/mol. The summed E-state index contributed by atoms with van der Waals surface area (Å²) in [4.78, 5) is 44.5. The zero-order valence-electron chi connectivity index (χ0n) is 23.9. The van der Waals surface area contributed by atoms with Crippen molar-refractivity contribution >= 4 is 34.0 Å². The monoisotopic (exact) mass is 553 g/mol. The van der Waals surface area contributed by atoms with Gasteiger partial charge in [-0.25, -0.2) is 0 Å². The minimum atomic E-state index is -0.595. The van der Waals surface area contributed by atoms with E-state index in [9.17, 15) is 14.4 Å². The number of esters is 1. The van der Waals surface area contributed by atoms with Crippen LogP contribution in [0.2, 0.25) is 0 Å². The molecule has 4 rings (SSSR count). The van der Waals surface area contributed by atoms with Crippen LogP contribution in [-0.2, 0) is 4.79 Å². The van der Waals surface area contributed by atoms with Gasteiger partial charge in [0, 0.05) is 34.3 Å². The fraction of sp³-hybridized carbons (Fsp3) is 0.242. The lowest BCUT2D eigenvalue weighted by molar-refractivity contribution is -0.135. The molecule has 3 aromatic carbocycles. The molecule has 0 saturated heterocycles. The molecule has 8 heteroatoms. The minimum Gasteiger partial charge on any atom is -0.494 e. The molecule has 0 saturated carbocycles. The Kier molecular flexibility index (Phi) is 9.37. The molecule has 1 heterocycles. The van der Waals surface area contributed by atoms with Crippen molar-refractivity contribution in [2.75, 3.05) is 31.6 Å². The number of carbonyl (C=O) groups is 2. The van der Waals surface area contributed by atoms with E-state index in [-0.39, 0.29) is 23.3 Å². The first-order chi connectivity index (χ1) is 19.7. The number of para-hydroxylation sites is 1. The van der Waals surface area contributed by atoms with Gasteiger partial charge < -0.3 is 19.8 Å². The summed E-state index contributed by atoms with van der Waals surface area (Å²) < 4.78 is 11.5. The first-order valence-corrected chi connectivity index (χ1v) is 13.7. The summed E-state index contributed by atoms with van der Waals surface area (Å²) in [6.07, 6.45) is 1.41. The molecule has 1 amide bonds. The van der Waals surface area contributed by atoms with Crippen molar-refractivity contribution < 1.29 is 19.1 Å². The van der Waals surface area contributed by atoms with Crippen molar-refractivity contribution in [2.45, 2.75) is 27.7 Å². The zero-order chi connectivity index (χ0) is 29.5. The van der Waals surface area contributed by atoms with Crippen LogP contribution in [0.15, 0.2) is 78.2 Å². The number of aromatic amines is 1. The Bertz CT molecular complexity index is 1650. The predicted octanol–water partition coefficient (Wildman–Crippen LogP) is 6.13. The molecule has 0 radical (unpaired) electrons. The lowest BCUT2D eigenvalue weighted by atomic mass is 9.97. The van der Waals surface area contributed by atoms with Crippen LogP contribution in [0, 0.1) is 0 Å². The topological polar surface area (TPSA) is 101 Å². The number of hydrogen-bond acceptors (Lipinski definition) is 6. The molecule has 0 aliphatic carbocycles. The number of benzene rings is 3. The quantitative estimate of drug-likeness (QED) is 0.171. The number of likely N-dealkylation sites (N-methyl/N-ethyl adjacent to an activating group) is 1. The van der Waals surface area contributed by atoms with Gasteiger partial charge in [0.1, 0.15) is 17.1 Å². The fourth-order valence-electron chi connectivity index (χ4n) is 4.57. The van der Waals surface area contributed by atoms with Gasteiger partial charge in [-0.1, -0.05) is 44.7 Å². The molecule has 0 atom stereocenters. The third kappa shape index (κ3) is 6.73. The Labute approximate surface area is 239 Å². The van der Waals surface area contributed by atoms with E-state index < -0.39 is 11.9 Å². The molecule has 2 N–H and O–H groups in total. The highest BCUT2D eigenvalue weighted by Gasteiger charge is 2.21. The van der Waals surface area contributed by atoms with E-state index in [0.717, 1.165) is 5.56 Å². The van der Waals surface area contributed by atoms with E-state index in [0.29, 0.717) is 58.7 Å². The second kappa shape index (κ2) is 13.1. The van der Waals surface area contributed by atoms with E-state index in [1.54, 1.807) is 24.3 Å². The molecule has 4 aromatic rings. The number of aromatic nitrogens is 1. The number of fused-ring (bicyclic) bond motifs is 1. The largest absolute Gasteiger partial charge is 0.494 e. The summed E-state index contributed by atoms with van der Waals surface area (Å²) >= 11 is 0. The Morgan fingerprint density at radius 3 is 2.44 bits per heavy atom. The molecule has 0 bridgehead atoms. The number of allylic oxidation sites excluding steroid dienone is 1. The van der Waals surface area contributed by atoms with Crippen LogP contribution in [0.4, 0.5) is 5.69 Å². The number of amides is 1. The van der Waals surface area contributed by atoms with Gasteiger partial charge in [-0.3, -0.25) is 19.3 Å². The van der Waals surface area contributed by atoms with Crippen LogP contribution >= 0.6 is 0 Å². The van der Waals surface area contributed by atoms with E-state index in [2.05, 4.69) is 16.9 Å². The average Bonchev–Trinajstić information content (AvgIpc) is 2.96. The molecule has 8 nitrogen and oxygen atoms in total. The van der Waals surface area contributed by atoms with Gasteiger partial charge in [-0.15, -0.1) is 0 Å². The molecule has 0 unspecified atom stereocenters.